The van der Waals surface area contributed by atoms with Gasteiger partial charge in [-0.15, -0.1) is 0 Å². The van der Waals surface area contributed by atoms with Crippen LogP contribution in [0.25, 0.3) is 0 Å². The number of ether oxygens (including phenoxy) is 1. The quantitative estimate of drug-likeness (QED) is 0.840. The number of nitrogens with two attached hydrogens (primary N) is 1. The van der Waals surface area contributed by atoms with Crippen molar-refractivity contribution in [2.75, 3.05) is 6.54 Å². The summed E-state index contributed by atoms with van der Waals surface area (Å²) in [6.07, 6.45) is 3.30. The van der Waals surface area contributed by atoms with Crippen LogP contribution in [0.3, 0.4) is 0 Å². The minimum atomic E-state index is -0.325. The molecule has 0 radical (unpaired) electrons. The van der Waals surface area contributed by atoms with Crippen LogP contribution in [0.4, 0.5) is 4.39 Å². The number of hydrogen-bond donors (Lipinski definition) is 1. The average molecular weight is 275 g/mol. The molecule has 1 saturated carbocycles. The summed E-state index contributed by atoms with van der Waals surface area (Å²) in [7, 11) is 0. The van der Waals surface area contributed by atoms with E-state index in [1.807, 2.05) is 0 Å². The predicted octanol–water partition coefficient (Wildman–Crippen LogP) is 3.34. The summed E-state index contributed by atoms with van der Waals surface area (Å²) in [6.45, 7) is 4.75. The molecule has 20 heavy (non-hydrogen) atoms. The number of hydrogen-bond acceptors (Lipinski definition) is 2. The van der Waals surface area contributed by atoms with Crippen LogP contribution in [0.2, 0.25) is 0 Å². The van der Waals surface area contributed by atoms with Crippen molar-refractivity contribution in [1.29, 1.82) is 0 Å². The second-order valence-corrected chi connectivity index (χ2v) is 5.81. The molecule has 2 rings (SSSR count). The van der Waals surface area contributed by atoms with Crippen LogP contribution in [0.15, 0.2) is 18.2 Å². The van der Waals surface area contributed by atoms with Crippen molar-refractivity contribution in [3.05, 3.63) is 29.6 Å². The molecule has 0 saturated heterocycles. The van der Waals surface area contributed by atoms with Gasteiger partial charge in [0.05, 0.1) is 12.6 Å². The topological polar surface area (TPSA) is 35.2 Å². The first-order chi connectivity index (χ1) is 9.58. The lowest BCUT2D eigenvalue weighted by Gasteiger charge is -2.31. The number of rotatable bonds is 2. The summed E-state index contributed by atoms with van der Waals surface area (Å²) >= 11 is 0. The zero-order valence-electron chi connectivity index (χ0n) is 12.2. The second kappa shape index (κ2) is 6.76. The largest absolute Gasteiger partial charge is 0.487 e. The monoisotopic (exact) mass is 275 g/mol. The van der Waals surface area contributed by atoms with Crippen LogP contribution >= 0.6 is 0 Å². The van der Waals surface area contributed by atoms with E-state index in [-0.39, 0.29) is 11.9 Å². The van der Waals surface area contributed by atoms with Crippen molar-refractivity contribution in [3.8, 4) is 17.6 Å². The molecule has 1 aromatic carbocycles. The molecule has 0 aliphatic heterocycles. The summed E-state index contributed by atoms with van der Waals surface area (Å²) in [5.74, 6) is 6.92. The molecular formula is C17H22FNO. The molecule has 1 aromatic rings. The molecular weight excluding hydrogens is 253 g/mol. The van der Waals surface area contributed by atoms with Gasteiger partial charge in [-0.25, -0.2) is 4.39 Å². The fraction of sp³-hybridized carbons (Fsp3) is 0.529. The second-order valence-electron chi connectivity index (χ2n) is 5.81. The first-order valence-corrected chi connectivity index (χ1v) is 7.23. The highest BCUT2D eigenvalue weighted by atomic mass is 19.1. The lowest BCUT2D eigenvalue weighted by molar-refractivity contribution is 0.0970. The summed E-state index contributed by atoms with van der Waals surface area (Å²) in [5.41, 5.74) is 6.08. The van der Waals surface area contributed by atoms with Gasteiger partial charge in [0.25, 0.3) is 0 Å². The van der Waals surface area contributed by atoms with Crippen LogP contribution in [0.1, 0.15) is 38.7 Å². The van der Waals surface area contributed by atoms with Gasteiger partial charge in [0.2, 0.25) is 0 Å². The zero-order valence-corrected chi connectivity index (χ0v) is 12.2. The normalized spacial score (nSPS) is 25.7. The summed E-state index contributed by atoms with van der Waals surface area (Å²) in [5, 5.41) is 0. The third-order valence-electron chi connectivity index (χ3n) is 3.69. The van der Waals surface area contributed by atoms with Crippen molar-refractivity contribution in [2.45, 2.75) is 39.2 Å². The molecule has 0 amide bonds. The fourth-order valence-corrected chi connectivity index (χ4v) is 2.97. The Hall–Kier alpha value is -1.53. The predicted molar refractivity (Wildman–Crippen MR) is 78.9 cm³/mol. The zero-order chi connectivity index (χ0) is 14.5. The van der Waals surface area contributed by atoms with Crippen LogP contribution < -0.4 is 10.5 Å². The Labute approximate surface area is 120 Å². The van der Waals surface area contributed by atoms with E-state index in [2.05, 4.69) is 25.7 Å². The van der Waals surface area contributed by atoms with Gasteiger partial charge in [0.1, 0.15) is 0 Å². The van der Waals surface area contributed by atoms with Crippen LogP contribution in [0.5, 0.6) is 5.75 Å². The molecule has 2 atom stereocenters. The Kier molecular flexibility index (Phi) is 5.03. The minimum absolute atomic E-state index is 0.0981. The Morgan fingerprint density at radius 3 is 2.60 bits per heavy atom. The van der Waals surface area contributed by atoms with E-state index >= 15 is 0 Å². The third kappa shape index (κ3) is 3.98. The molecule has 1 aliphatic carbocycles. The standard InChI is InChI=1S/C17H22FNO/c1-12-8-13(2)10-15(9-12)20-17-11-14(4-3-7-19)5-6-16(17)18/h5-6,11-13,15H,7-10,19H2,1-2H3. The first-order valence-electron chi connectivity index (χ1n) is 7.23. The highest BCUT2D eigenvalue weighted by Gasteiger charge is 2.25. The van der Waals surface area contributed by atoms with E-state index < -0.39 is 0 Å². The van der Waals surface area contributed by atoms with Crippen LogP contribution in [-0.2, 0) is 0 Å². The van der Waals surface area contributed by atoms with Gasteiger partial charge < -0.3 is 10.5 Å². The van der Waals surface area contributed by atoms with Gasteiger partial charge in [-0.3, -0.25) is 0 Å². The van der Waals surface area contributed by atoms with Gasteiger partial charge >= 0.3 is 0 Å². The van der Waals surface area contributed by atoms with Crippen molar-refractivity contribution in [3.63, 3.8) is 0 Å². The van der Waals surface area contributed by atoms with Crippen LogP contribution in [-0.4, -0.2) is 12.6 Å². The van der Waals surface area contributed by atoms with Crippen LogP contribution in [0, 0.1) is 29.5 Å². The third-order valence-corrected chi connectivity index (χ3v) is 3.69. The summed E-state index contributed by atoms with van der Waals surface area (Å²) in [4.78, 5) is 0. The van der Waals surface area contributed by atoms with E-state index in [0.717, 1.165) is 18.4 Å². The molecule has 2 nitrogen and oxygen atoms in total. The molecule has 0 bridgehead atoms. The van der Waals surface area contributed by atoms with E-state index in [4.69, 9.17) is 10.5 Å². The van der Waals surface area contributed by atoms with E-state index in [1.54, 1.807) is 12.1 Å². The SMILES string of the molecule is CC1CC(C)CC(Oc2cc(C#CCN)ccc2F)C1. The molecule has 0 aromatic heterocycles. The highest BCUT2D eigenvalue weighted by Crippen LogP contribution is 2.32. The molecule has 1 fully saturated rings. The minimum Gasteiger partial charge on any atom is -0.487 e. The average Bonchev–Trinajstić information content (AvgIpc) is 2.38. The van der Waals surface area contributed by atoms with Crippen molar-refractivity contribution in [1.82, 2.24) is 0 Å². The van der Waals surface area contributed by atoms with Gasteiger partial charge in [0.15, 0.2) is 11.6 Å². The van der Waals surface area contributed by atoms with Gasteiger partial charge in [-0.2, -0.15) is 0 Å². The van der Waals surface area contributed by atoms with Gasteiger partial charge in [0, 0.05) is 5.56 Å². The van der Waals surface area contributed by atoms with E-state index in [1.165, 1.54) is 12.5 Å². The Morgan fingerprint density at radius 2 is 1.95 bits per heavy atom. The lowest BCUT2D eigenvalue weighted by Crippen LogP contribution is -2.28. The van der Waals surface area contributed by atoms with Crippen molar-refractivity contribution >= 4 is 0 Å². The summed E-state index contributed by atoms with van der Waals surface area (Å²) in [6, 6.07) is 4.73. The number of halogens is 1. The maximum atomic E-state index is 13.8. The fourth-order valence-electron chi connectivity index (χ4n) is 2.97. The molecule has 2 unspecified atom stereocenters. The number of benzene rings is 1. The molecule has 1 aliphatic rings. The Balaban J connectivity index is 2.11. The Bertz CT molecular complexity index is 507. The molecule has 3 heteroatoms. The van der Waals surface area contributed by atoms with Gasteiger partial charge in [-0.05, 0) is 49.3 Å². The molecule has 0 heterocycles. The van der Waals surface area contributed by atoms with E-state index in [0.29, 0.717) is 24.1 Å². The van der Waals surface area contributed by atoms with Crippen molar-refractivity contribution < 1.29 is 9.13 Å². The highest BCUT2D eigenvalue weighted by molar-refractivity contribution is 5.40. The lowest BCUT2D eigenvalue weighted by atomic mass is 9.82. The molecule has 2 N–H and O–H groups in total. The van der Waals surface area contributed by atoms with Gasteiger partial charge in [-0.1, -0.05) is 25.7 Å². The van der Waals surface area contributed by atoms with E-state index in [9.17, 15) is 4.39 Å². The maximum absolute atomic E-state index is 13.8. The van der Waals surface area contributed by atoms with Crippen molar-refractivity contribution in [2.24, 2.45) is 17.6 Å². The first kappa shape index (κ1) is 14.9. The molecule has 108 valence electrons. The maximum Gasteiger partial charge on any atom is 0.165 e. The summed E-state index contributed by atoms with van der Waals surface area (Å²) < 4.78 is 19.7. The smallest absolute Gasteiger partial charge is 0.165 e. The Morgan fingerprint density at radius 1 is 1.25 bits per heavy atom. The molecule has 0 spiro atoms.